The van der Waals surface area contributed by atoms with E-state index in [1.54, 1.807) is 13.8 Å². The van der Waals surface area contributed by atoms with Gasteiger partial charge in [-0.25, -0.2) is 13.9 Å². The van der Waals surface area contributed by atoms with E-state index in [4.69, 9.17) is 25.0 Å². The molecule has 4 atom stereocenters. The Morgan fingerprint density at radius 3 is 2.75 bits per heavy atom. The van der Waals surface area contributed by atoms with Crippen LogP contribution in [0, 0.1) is 0 Å². The zero-order chi connectivity index (χ0) is 20.9. The second-order valence-corrected chi connectivity index (χ2v) is 8.03. The second kappa shape index (κ2) is 7.17. The number of halogens is 1. The molecule has 0 spiro atoms. The van der Waals surface area contributed by atoms with E-state index in [0.29, 0.717) is 0 Å². The van der Waals surface area contributed by atoms with E-state index < -0.39 is 38.5 Å². The molecule has 0 aromatic carbocycles. The van der Waals surface area contributed by atoms with Gasteiger partial charge < -0.3 is 30.1 Å². The molecule has 12 nitrogen and oxygen atoms in total. The zero-order valence-corrected chi connectivity index (χ0v) is 16.2. The summed E-state index contributed by atoms with van der Waals surface area (Å²) in [6.07, 6.45) is -3.48. The van der Waals surface area contributed by atoms with Crippen molar-refractivity contribution < 1.29 is 37.8 Å². The van der Waals surface area contributed by atoms with Crippen molar-refractivity contribution in [2.75, 3.05) is 12.3 Å². The SMILES string of the molecule is CC(C)Oc1nc(N)nc2c1ncn2[C@@H]1O[C@H](COP(=O)(O)O)[C@@H](O)[C@@]1(C)F. The van der Waals surface area contributed by atoms with Crippen molar-refractivity contribution in [2.24, 2.45) is 0 Å². The molecule has 2 aromatic heterocycles. The molecule has 0 radical (unpaired) electrons. The maximum Gasteiger partial charge on any atom is 0.469 e. The standard InChI is InChI=1S/C14H21FN5O7P/c1-6(2)26-11-8-10(18-13(16)19-11)20(5-17-8)12-14(3,15)9(21)7(27-12)4-25-28(22,23)24/h5-7,9,12,21H,4H2,1-3H3,(H2,16,18,19)(H2,22,23,24)/t7-,9-,12-,14-/m1/s1. The minimum Gasteiger partial charge on any atom is -0.473 e. The quantitative estimate of drug-likeness (QED) is 0.472. The summed E-state index contributed by atoms with van der Waals surface area (Å²) in [5.74, 6) is -0.0258. The lowest BCUT2D eigenvalue weighted by Crippen LogP contribution is -2.40. The van der Waals surface area contributed by atoms with E-state index in [1.165, 1.54) is 10.9 Å². The molecule has 156 valence electrons. The molecule has 1 aliphatic heterocycles. The smallest absolute Gasteiger partial charge is 0.469 e. The lowest BCUT2D eigenvalue weighted by Gasteiger charge is -2.24. The number of nitrogens with two attached hydrogens (primary N) is 1. The molecule has 0 unspecified atom stereocenters. The van der Waals surface area contributed by atoms with Gasteiger partial charge >= 0.3 is 7.82 Å². The Bertz CT molecular complexity index is 917. The van der Waals surface area contributed by atoms with E-state index in [2.05, 4.69) is 19.5 Å². The van der Waals surface area contributed by atoms with Crippen molar-refractivity contribution in [3.8, 4) is 5.88 Å². The molecule has 1 saturated heterocycles. The largest absolute Gasteiger partial charge is 0.473 e. The molecule has 3 rings (SSSR count). The lowest BCUT2D eigenvalue weighted by atomic mass is 9.98. The van der Waals surface area contributed by atoms with Crippen LogP contribution in [0.1, 0.15) is 27.0 Å². The summed E-state index contributed by atoms with van der Waals surface area (Å²) in [4.78, 5) is 29.8. The third-order valence-corrected chi connectivity index (χ3v) is 4.62. The van der Waals surface area contributed by atoms with Crippen LogP contribution in [-0.4, -0.2) is 65.0 Å². The van der Waals surface area contributed by atoms with Crippen LogP contribution in [0.4, 0.5) is 10.3 Å². The predicted molar refractivity (Wildman–Crippen MR) is 92.9 cm³/mol. The van der Waals surface area contributed by atoms with Crippen molar-refractivity contribution in [3.63, 3.8) is 0 Å². The Hall–Kier alpha value is -1.89. The molecule has 14 heteroatoms. The number of hydrogen-bond acceptors (Lipinski definition) is 9. The summed E-state index contributed by atoms with van der Waals surface area (Å²) in [6.45, 7) is 3.93. The minimum atomic E-state index is -4.82. The molecule has 1 fully saturated rings. The van der Waals surface area contributed by atoms with Gasteiger partial charge in [-0.1, -0.05) is 0 Å². The zero-order valence-electron chi connectivity index (χ0n) is 15.3. The van der Waals surface area contributed by atoms with Gasteiger partial charge in [-0.15, -0.1) is 0 Å². The third-order valence-electron chi connectivity index (χ3n) is 4.13. The average Bonchev–Trinajstić information content (AvgIpc) is 3.04. The van der Waals surface area contributed by atoms with Crippen molar-refractivity contribution in [3.05, 3.63) is 6.33 Å². The number of aliphatic hydroxyl groups is 1. The van der Waals surface area contributed by atoms with Crippen LogP contribution in [0.5, 0.6) is 5.88 Å². The number of imidazole rings is 1. The van der Waals surface area contributed by atoms with Crippen LogP contribution in [0.25, 0.3) is 11.2 Å². The van der Waals surface area contributed by atoms with E-state index >= 15 is 4.39 Å². The molecule has 0 aliphatic carbocycles. The van der Waals surface area contributed by atoms with E-state index in [0.717, 1.165) is 6.92 Å². The minimum absolute atomic E-state index is 0.108. The van der Waals surface area contributed by atoms with Gasteiger partial charge in [0.15, 0.2) is 23.1 Å². The number of aromatic nitrogens is 4. The summed E-state index contributed by atoms with van der Waals surface area (Å²) >= 11 is 0. The Kier molecular flexibility index (Phi) is 5.34. The summed E-state index contributed by atoms with van der Waals surface area (Å²) in [7, 11) is -4.82. The fraction of sp³-hybridized carbons (Fsp3) is 0.643. The van der Waals surface area contributed by atoms with Crippen molar-refractivity contribution in [2.45, 2.75) is 51.0 Å². The fourth-order valence-corrected chi connectivity index (χ4v) is 3.25. The van der Waals surface area contributed by atoms with Crippen LogP contribution < -0.4 is 10.5 Å². The van der Waals surface area contributed by atoms with Gasteiger partial charge in [0.2, 0.25) is 11.8 Å². The van der Waals surface area contributed by atoms with Crippen LogP contribution in [-0.2, 0) is 13.8 Å². The predicted octanol–water partition coefficient (Wildman–Crippen LogP) is 0.291. The Labute approximate surface area is 158 Å². The topological polar surface area (TPSA) is 175 Å². The van der Waals surface area contributed by atoms with Crippen LogP contribution in [0.15, 0.2) is 6.33 Å². The van der Waals surface area contributed by atoms with Gasteiger partial charge in [0.25, 0.3) is 0 Å². The molecule has 3 heterocycles. The number of fused-ring (bicyclic) bond motifs is 1. The maximum atomic E-state index is 15.3. The van der Waals surface area contributed by atoms with E-state index in [-0.39, 0.29) is 29.1 Å². The number of hydrogen-bond donors (Lipinski definition) is 4. The summed E-state index contributed by atoms with van der Waals surface area (Å²) in [5.41, 5.74) is 3.69. The van der Waals surface area contributed by atoms with Gasteiger partial charge in [-0.2, -0.15) is 9.97 Å². The molecule has 0 amide bonds. The second-order valence-electron chi connectivity index (χ2n) is 6.79. The van der Waals surface area contributed by atoms with E-state index in [9.17, 15) is 9.67 Å². The van der Waals surface area contributed by atoms with Crippen molar-refractivity contribution in [1.82, 2.24) is 19.5 Å². The van der Waals surface area contributed by atoms with Crippen molar-refractivity contribution in [1.29, 1.82) is 0 Å². The highest BCUT2D eigenvalue weighted by atomic mass is 31.2. The fourth-order valence-electron chi connectivity index (χ4n) is 2.90. The van der Waals surface area contributed by atoms with Gasteiger partial charge in [0.1, 0.15) is 12.2 Å². The summed E-state index contributed by atoms with van der Waals surface area (Å²) in [6, 6.07) is 0. The highest BCUT2D eigenvalue weighted by Crippen LogP contribution is 2.44. The van der Waals surface area contributed by atoms with Gasteiger partial charge in [-0.3, -0.25) is 9.09 Å². The van der Waals surface area contributed by atoms with Gasteiger partial charge in [0, 0.05) is 0 Å². The number of aliphatic hydroxyl groups excluding tert-OH is 1. The number of nitrogens with zero attached hydrogens (tertiary/aromatic N) is 4. The van der Waals surface area contributed by atoms with Gasteiger partial charge in [-0.05, 0) is 20.8 Å². The first kappa shape index (κ1) is 20.8. The average molecular weight is 421 g/mol. The number of nitrogen functional groups attached to an aromatic ring is 1. The number of anilines is 1. The first-order valence-corrected chi connectivity index (χ1v) is 9.82. The normalized spacial score (nSPS) is 28.4. The number of phosphoric ester groups is 1. The third kappa shape index (κ3) is 3.95. The molecule has 1 aliphatic rings. The van der Waals surface area contributed by atoms with Gasteiger partial charge in [0.05, 0.1) is 19.0 Å². The number of alkyl halides is 1. The molecule has 2 aromatic rings. The monoisotopic (exact) mass is 421 g/mol. The molecule has 28 heavy (non-hydrogen) atoms. The molecule has 0 saturated carbocycles. The lowest BCUT2D eigenvalue weighted by molar-refractivity contribution is -0.0560. The summed E-state index contributed by atoms with van der Waals surface area (Å²) < 4.78 is 42.7. The molecule has 0 bridgehead atoms. The number of phosphoric acid groups is 1. The summed E-state index contributed by atoms with van der Waals surface area (Å²) in [5, 5.41) is 10.2. The Balaban J connectivity index is 1.97. The first-order chi connectivity index (χ1) is 12.9. The number of rotatable bonds is 6. The van der Waals surface area contributed by atoms with Crippen molar-refractivity contribution >= 4 is 24.9 Å². The van der Waals surface area contributed by atoms with Crippen LogP contribution >= 0.6 is 7.82 Å². The van der Waals surface area contributed by atoms with E-state index in [1.807, 2.05) is 0 Å². The Morgan fingerprint density at radius 1 is 1.46 bits per heavy atom. The maximum absolute atomic E-state index is 15.3. The highest BCUT2D eigenvalue weighted by Gasteiger charge is 2.55. The first-order valence-electron chi connectivity index (χ1n) is 8.29. The molecular formula is C14H21FN5O7P. The highest BCUT2D eigenvalue weighted by molar-refractivity contribution is 7.46. The number of ether oxygens (including phenoxy) is 2. The molecule has 5 N–H and O–H groups in total. The Morgan fingerprint density at radius 2 is 2.14 bits per heavy atom. The van der Waals surface area contributed by atoms with Crippen LogP contribution in [0.2, 0.25) is 0 Å². The van der Waals surface area contributed by atoms with Crippen LogP contribution in [0.3, 0.4) is 0 Å². The molecular weight excluding hydrogens is 400 g/mol.